The minimum absolute atomic E-state index is 0.115. The van der Waals surface area contributed by atoms with Crippen molar-refractivity contribution in [3.05, 3.63) is 35.9 Å². The normalized spacial score (nSPS) is 20.4. The van der Waals surface area contributed by atoms with Gasteiger partial charge in [-0.05, 0) is 174 Å². The average molecular weight is 1580 g/mol. The van der Waals surface area contributed by atoms with Crippen LogP contribution in [0, 0.1) is 5.92 Å². The van der Waals surface area contributed by atoms with Crippen molar-refractivity contribution < 1.29 is 106 Å². The summed E-state index contributed by atoms with van der Waals surface area (Å²) >= 11 is 0. The topological polar surface area (TPSA) is 549 Å². The SMILES string of the molecule is CC[C@@H](O)[C@H](NC(=O)[C@@H](N)CCNC(=O)OC(C)(C)C)C(=O)N[C@@H](CCNC(=O)OC(C)(C)C)C(=O)N[C@H]1CCNC(=O)[C@H]([C@@H](C)O)NC(=O)[C@H](CCNC(=O)OC(C)(C)C)NC(=O)[C@H](CCNC(=O)OC(C)(C)C)NC(=O)[C@H](CC(C)C)NC(=O)[C@@H](Cc2ccccc2)NC(=O)[C@H](CCNC(=O)OC(C)(C)C)NC1=O. The number of rotatable bonds is 28. The highest BCUT2D eigenvalue weighted by molar-refractivity contribution is 5.99. The third-order valence-corrected chi connectivity index (χ3v) is 15.5. The van der Waals surface area contributed by atoms with Crippen LogP contribution in [0.2, 0.25) is 0 Å². The third kappa shape index (κ3) is 41.1. The van der Waals surface area contributed by atoms with Crippen molar-refractivity contribution in [3.8, 4) is 0 Å². The molecule has 15 amide bonds. The Morgan fingerprint density at radius 3 is 1.24 bits per heavy atom. The Morgan fingerprint density at radius 2 is 0.838 bits per heavy atom. The first-order valence-electron chi connectivity index (χ1n) is 37.3. The number of nitrogens with one attached hydrogen (secondary N) is 15. The molecular weight excluding hydrogens is 1450 g/mol. The fourth-order valence-electron chi connectivity index (χ4n) is 10.2. The lowest BCUT2D eigenvalue weighted by atomic mass is 10.00. The number of alkyl carbamates (subject to hydrolysis) is 5. The van der Waals surface area contributed by atoms with Gasteiger partial charge in [-0.2, -0.15) is 0 Å². The van der Waals surface area contributed by atoms with Crippen LogP contribution >= 0.6 is 0 Å². The molecule has 2 rings (SSSR count). The summed E-state index contributed by atoms with van der Waals surface area (Å²) in [7, 11) is 0. The van der Waals surface area contributed by atoms with E-state index in [1.807, 2.05) is 0 Å². The van der Waals surface area contributed by atoms with Gasteiger partial charge in [-0.25, -0.2) is 24.0 Å². The molecule has 38 nitrogen and oxygen atoms in total. The summed E-state index contributed by atoms with van der Waals surface area (Å²) in [6.07, 6.45) is -11.2. The van der Waals surface area contributed by atoms with Crippen LogP contribution in [-0.4, -0.2) is 240 Å². The Labute approximate surface area is 649 Å². The second-order valence-corrected chi connectivity index (χ2v) is 32.2. The Morgan fingerprint density at radius 1 is 0.468 bits per heavy atom. The third-order valence-electron chi connectivity index (χ3n) is 15.5. The number of carbonyl (C=O) groups excluding carboxylic acids is 15. The highest BCUT2D eigenvalue weighted by Gasteiger charge is 2.39. The zero-order valence-electron chi connectivity index (χ0n) is 67.6. The first-order chi connectivity index (χ1) is 51.2. The average Bonchev–Trinajstić information content (AvgIpc) is 0.942. The molecule has 0 spiro atoms. The van der Waals surface area contributed by atoms with E-state index in [0.717, 1.165) is 6.92 Å². The van der Waals surface area contributed by atoms with Gasteiger partial charge < -0.3 is 119 Å². The van der Waals surface area contributed by atoms with Crippen molar-refractivity contribution in [1.29, 1.82) is 0 Å². The highest BCUT2D eigenvalue weighted by atomic mass is 16.6. The summed E-state index contributed by atoms with van der Waals surface area (Å²) in [5.41, 5.74) is 1.81. The molecule has 12 atom stereocenters. The first kappa shape index (κ1) is 97.2. The second-order valence-electron chi connectivity index (χ2n) is 32.2. The summed E-state index contributed by atoms with van der Waals surface area (Å²) in [6, 6.07) is -8.95. The highest BCUT2D eigenvalue weighted by Crippen LogP contribution is 2.16. The van der Waals surface area contributed by atoms with Crippen molar-refractivity contribution in [2.75, 3.05) is 39.3 Å². The van der Waals surface area contributed by atoms with Gasteiger partial charge in [0, 0.05) is 45.7 Å². The molecule has 111 heavy (non-hydrogen) atoms. The maximum atomic E-state index is 15.3. The molecule has 19 N–H and O–H groups in total. The van der Waals surface area contributed by atoms with E-state index < -0.39 is 242 Å². The predicted octanol–water partition coefficient (Wildman–Crippen LogP) is 0.211. The Bertz CT molecular complexity index is 3290. The van der Waals surface area contributed by atoms with Crippen LogP contribution in [0.25, 0.3) is 0 Å². The van der Waals surface area contributed by atoms with Gasteiger partial charge in [0.15, 0.2) is 0 Å². The van der Waals surface area contributed by atoms with E-state index in [-0.39, 0.29) is 51.2 Å². The lowest BCUT2D eigenvalue weighted by molar-refractivity contribution is -0.136. The van der Waals surface area contributed by atoms with Gasteiger partial charge in [-0.3, -0.25) is 47.9 Å². The van der Waals surface area contributed by atoms with Crippen LogP contribution in [0.1, 0.15) is 188 Å². The predicted molar refractivity (Wildman–Crippen MR) is 405 cm³/mol. The van der Waals surface area contributed by atoms with Gasteiger partial charge in [0.25, 0.3) is 0 Å². The summed E-state index contributed by atoms with van der Waals surface area (Å²) in [5.74, 6) is -11.4. The van der Waals surface area contributed by atoms with Crippen molar-refractivity contribution in [1.82, 2.24) is 79.8 Å². The number of amides is 15. The number of aliphatic hydroxyl groups is 2. The van der Waals surface area contributed by atoms with E-state index in [0.29, 0.717) is 5.56 Å². The molecule has 1 fully saturated rings. The number of carbonyl (C=O) groups is 15. The Balaban J connectivity index is 3.08. The van der Waals surface area contributed by atoms with Gasteiger partial charge in [0.05, 0.1) is 18.2 Å². The smallest absolute Gasteiger partial charge is 0.407 e. The Hall–Kier alpha value is -9.85. The van der Waals surface area contributed by atoms with Crippen molar-refractivity contribution in [2.24, 2.45) is 11.7 Å². The summed E-state index contributed by atoms with van der Waals surface area (Å²) in [5, 5.41) is 60.3. The minimum Gasteiger partial charge on any atom is -0.444 e. The standard InChI is InChI=1S/C73H124N16O22/c1-20-51(91)53(89-54(92)43(74)26-32-76-64(102)107-69(5,6)7)63(101)85-47(30-36-79-67(105)110-72(14,15)16)57(95)81-44-27-33-75-62(100)52(41(4)90)88-59(97)48(31-37-80-68(106)111-73(17,18)19)83-56(94)45(28-34-77-65(103)108-70(8,9)10)84-60(98)49(38-40(2)3)86-61(99)50(39-42-24-22-21-23-25-42)87-58(96)46(82-55(44)93)29-35-78-66(104)109-71(11,12)13/h21-25,40-41,43-53,90-91H,20,26-39,74H2,1-19H3,(H,75,100)(H,76,102)(H,77,103)(H,78,104)(H,79,105)(H,80,106)(H,81,95)(H,82,93)(H,83,94)(H,84,98)(H,85,101)(H,86,99)(H,87,96)(H,88,97)(H,89,92)/t41-,43+,44+,45+,46+,47+,48+,49+,50-,51-,52+,53+/m1/s1. The van der Waals surface area contributed by atoms with Crippen molar-refractivity contribution in [2.45, 2.75) is 290 Å². The molecule has 0 aromatic heterocycles. The molecule has 1 heterocycles. The van der Waals surface area contributed by atoms with E-state index in [1.165, 1.54) is 6.92 Å². The minimum atomic E-state index is -1.92. The summed E-state index contributed by atoms with van der Waals surface area (Å²) < 4.78 is 26.8. The molecule has 628 valence electrons. The van der Waals surface area contributed by atoms with Crippen LogP contribution in [0.3, 0.4) is 0 Å². The number of hydrogen-bond acceptors (Lipinski definition) is 23. The fraction of sp³-hybridized carbons (Fsp3) is 0.712. The zero-order valence-corrected chi connectivity index (χ0v) is 67.6. The monoisotopic (exact) mass is 1580 g/mol. The number of hydrogen-bond donors (Lipinski definition) is 18. The molecule has 1 aromatic rings. The first-order valence-corrected chi connectivity index (χ1v) is 37.3. The number of ether oxygens (including phenoxy) is 5. The summed E-state index contributed by atoms with van der Waals surface area (Å²) in [4.78, 5) is 212. The van der Waals surface area contributed by atoms with E-state index in [2.05, 4.69) is 79.8 Å². The molecule has 0 radical (unpaired) electrons. The van der Waals surface area contributed by atoms with Crippen LogP contribution in [0.4, 0.5) is 24.0 Å². The molecular formula is C73H124N16O22. The maximum absolute atomic E-state index is 15.3. The molecule has 0 bridgehead atoms. The molecule has 1 aliphatic heterocycles. The van der Waals surface area contributed by atoms with E-state index >= 15 is 19.2 Å². The summed E-state index contributed by atoms with van der Waals surface area (Å²) in [6.45, 7) is 27.7. The van der Waals surface area contributed by atoms with Crippen LogP contribution in [0.5, 0.6) is 0 Å². The number of benzene rings is 1. The molecule has 0 aliphatic carbocycles. The lowest BCUT2D eigenvalue weighted by Gasteiger charge is -2.29. The Kier molecular flexibility index (Phi) is 39.8. The van der Waals surface area contributed by atoms with Gasteiger partial charge in [0.2, 0.25) is 59.1 Å². The second kappa shape index (κ2) is 45.5. The molecule has 0 saturated carbocycles. The van der Waals surface area contributed by atoms with E-state index in [4.69, 9.17) is 29.4 Å². The van der Waals surface area contributed by atoms with Gasteiger partial charge in [0.1, 0.15) is 82.4 Å². The number of aliphatic hydroxyl groups excluding tert-OH is 2. The van der Waals surface area contributed by atoms with Gasteiger partial charge in [-0.15, -0.1) is 0 Å². The van der Waals surface area contributed by atoms with Crippen LogP contribution in [-0.2, 0) is 78.1 Å². The van der Waals surface area contributed by atoms with Crippen molar-refractivity contribution in [3.63, 3.8) is 0 Å². The molecule has 1 aromatic carbocycles. The molecule has 0 unspecified atom stereocenters. The van der Waals surface area contributed by atoms with E-state index in [1.54, 1.807) is 148 Å². The number of nitrogens with two attached hydrogens (primary N) is 1. The lowest BCUT2D eigenvalue weighted by Crippen LogP contribution is -2.62. The quantitative estimate of drug-likeness (QED) is 0.0499. The zero-order chi connectivity index (χ0) is 84.5. The largest absolute Gasteiger partial charge is 0.444 e. The van der Waals surface area contributed by atoms with Crippen molar-refractivity contribution >= 4 is 89.5 Å². The maximum Gasteiger partial charge on any atom is 0.407 e. The molecule has 38 heteroatoms. The molecule has 1 saturated heterocycles. The van der Waals surface area contributed by atoms with Crippen LogP contribution in [0.15, 0.2) is 30.3 Å². The van der Waals surface area contributed by atoms with Crippen LogP contribution < -0.4 is 85.5 Å². The van der Waals surface area contributed by atoms with E-state index in [9.17, 15) is 63.0 Å². The molecule has 1 aliphatic rings. The van der Waals surface area contributed by atoms with Gasteiger partial charge in [-0.1, -0.05) is 51.1 Å². The fourth-order valence-corrected chi connectivity index (χ4v) is 10.2. The van der Waals surface area contributed by atoms with Gasteiger partial charge >= 0.3 is 30.5 Å².